The highest BCUT2D eigenvalue weighted by molar-refractivity contribution is 5.78. The highest BCUT2D eigenvalue weighted by Crippen LogP contribution is 2.40. The maximum Gasteiger partial charge on any atom is 0.248 e. The van der Waals surface area contributed by atoms with E-state index in [1.165, 1.54) is 19.3 Å². The van der Waals surface area contributed by atoms with Gasteiger partial charge in [-0.2, -0.15) is 0 Å². The Bertz CT molecular complexity index is 378. The van der Waals surface area contributed by atoms with Crippen LogP contribution in [0.25, 0.3) is 0 Å². The van der Waals surface area contributed by atoms with Crippen LogP contribution in [-0.2, 0) is 9.53 Å². The van der Waals surface area contributed by atoms with Crippen LogP contribution in [0.1, 0.15) is 58.3 Å². The molecule has 0 aromatic carbocycles. The Labute approximate surface area is 127 Å². The van der Waals surface area contributed by atoms with Gasteiger partial charge >= 0.3 is 0 Å². The normalized spacial score (nSPS) is 37.0. The van der Waals surface area contributed by atoms with E-state index in [0.717, 1.165) is 45.3 Å². The van der Waals surface area contributed by atoms with Crippen molar-refractivity contribution in [2.24, 2.45) is 11.8 Å². The molecule has 1 aliphatic heterocycles. The fraction of sp³-hybridized carbons (Fsp3) is 0.941. The molecule has 1 amide bonds. The standard InChI is InChI=1S/C17H29NO3/c1-17(20)9-3-2-5-14(17)15-6-4-10-18(15)16(19)12-21-11-13-7-8-13/h13-15,20H,2-12H2,1H3. The predicted octanol–water partition coefficient (Wildman–Crippen LogP) is 2.35. The number of nitrogens with zero attached hydrogens (tertiary/aromatic N) is 1. The van der Waals surface area contributed by atoms with Gasteiger partial charge in [0.1, 0.15) is 6.61 Å². The molecule has 1 saturated heterocycles. The Balaban J connectivity index is 1.57. The molecule has 2 saturated carbocycles. The molecule has 3 aliphatic rings. The summed E-state index contributed by atoms with van der Waals surface area (Å²) in [7, 11) is 0. The number of carbonyl (C=O) groups is 1. The maximum atomic E-state index is 12.4. The largest absolute Gasteiger partial charge is 0.390 e. The van der Waals surface area contributed by atoms with Crippen molar-refractivity contribution >= 4 is 5.91 Å². The summed E-state index contributed by atoms with van der Waals surface area (Å²) in [5.74, 6) is 1.06. The van der Waals surface area contributed by atoms with E-state index in [4.69, 9.17) is 4.74 Å². The summed E-state index contributed by atoms with van der Waals surface area (Å²) in [5, 5.41) is 10.7. The third kappa shape index (κ3) is 3.59. The second-order valence-corrected chi connectivity index (χ2v) is 7.46. The van der Waals surface area contributed by atoms with Gasteiger partial charge in [0, 0.05) is 18.5 Å². The summed E-state index contributed by atoms with van der Waals surface area (Å²) in [4.78, 5) is 14.4. The van der Waals surface area contributed by atoms with Gasteiger partial charge < -0.3 is 14.7 Å². The Morgan fingerprint density at radius 3 is 2.76 bits per heavy atom. The van der Waals surface area contributed by atoms with Gasteiger partial charge in [0.25, 0.3) is 0 Å². The van der Waals surface area contributed by atoms with E-state index in [2.05, 4.69) is 0 Å². The number of hydrogen-bond acceptors (Lipinski definition) is 3. The first-order valence-electron chi connectivity index (χ1n) is 8.67. The first kappa shape index (κ1) is 15.3. The van der Waals surface area contributed by atoms with Crippen LogP contribution in [0.3, 0.4) is 0 Å². The van der Waals surface area contributed by atoms with Crippen molar-refractivity contribution in [3.8, 4) is 0 Å². The van der Waals surface area contributed by atoms with Crippen LogP contribution >= 0.6 is 0 Å². The molecule has 4 nitrogen and oxygen atoms in total. The molecule has 0 radical (unpaired) electrons. The molecule has 0 bridgehead atoms. The van der Waals surface area contributed by atoms with Crippen molar-refractivity contribution in [1.82, 2.24) is 4.90 Å². The average Bonchev–Trinajstić information content (AvgIpc) is 3.13. The van der Waals surface area contributed by atoms with Crippen LogP contribution < -0.4 is 0 Å². The molecule has 3 rings (SSSR count). The van der Waals surface area contributed by atoms with Gasteiger partial charge in [0.05, 0.1) is 12.2 Å². The number of aliphatic hydroxyl groups is 1. The number of ether oxygens (including phenoxy) is 1. The highest BCUT2D eigenvalue weighted by atomic mass is 16.5. The quantitative estimate of drug-likeness (QED) is 0.847. The molecule has 0 aromatic rings. The fourth-order valence-electron chi connectivity index (χ4n) is 4.15. The molecule has 3 fully saturated rings. The van der Waals surface area contributed by atoms with E-state index in [0.29, 0.717) is 5.92 Å². The highest BCUT2D eigenvalue weighted by Gasteiger charge is 2.44. The molecule has 0 spiro atoms. The molecule has 3 unspecified atom stereocenters. The zero-order valence-electron chi connectivity index (χ0n) is 13.2. The minimum atomic E-state index is -0.610. The molecule has 1 heterocycles. The van der Waals surface area contributed by atoms with Crippen molar-refractivity contribution in [2.45, 2.75) is 69.9 Å². The van der Waals surface area contributed by atoms with Crippen LogP contribution in [-0.4, -0.2) is 47.3 Å². The van der Waals surface area contributed by atoms with Crippen LogP contribution in [0, 0.1) is 11.8 Å². The molecule has 2 aliphatic carbocycles. The smallest absolute Gasteiger partial charge is 0.248 e. The van der Waals surface area contributed by atoms with Gasteiger partial charge in [-0.1, -0.05) is 12.8 Å². The van der Waals surface area contributed by atoms with E-state index in [1.54, 1.807) is 0 Å². The third-order valence-electron chi connectivity index (χ3n) is 5.61. The van der Waals surface area contributed by atoms with Crippen molar-refractivity contribution < 1.29 is 14.6 Å². The van der Waals surface area contributed by atoms with Crippen molar-refractivity contribution in [1.29, 1.82) is 0 Å². The topological polar surface area (TPSA) is 49.8 Å². The SMILES string of the molecule is CC1(O)CCCCC1C1CCCN1C(=O)COCC1CC1. The van der Waals surface area contributed by atoms with E-state index in [9.17, 15) is 9.90 Å². The van der Waals surface area contributed by atoms with Gasteiger partial charge in [-0.15, -0.1) is 0 Å². The summed E-state index contributed by atoms with van der Waals surface area (Å²) in [6, 6.07) is 0.220. The predicted molar refractivity (Wildman–Crippen MR) is 80.9 cm³/mol. The summed E-state index contributed by atoms with van der Waals surface area (Å²) >= 11 is 0. The summed E-state index contributed by atoms with van der Waals surface area (Å²) in [6.45, 7) is 3.76. The van der Waals surface area contributed by atoms with E-state index >= 15 is 0 Å². The lowest BCUT2D eigenvalue weighted by Crippen LogP contribution is -2.51. The zero-order chi connectivity index (χ0) is 14.9. The van der Waals surface area contributed by atoms with Crippen LogP contribution in [0.2, 0.25) is 0 Å². The third-order valence-corrected chi connectivity index (χ3v) is 5.61. The number of amides is 1. The van der Waals surface area contributed by atoms with Crippen molar-refractivity contribution in [2.75, 3.05) is 19.8 Å². The van der Waals surface area contributed by atoms with E-state index < -0.39 is 5.60 Å². The first-order chi connectivity index (χ1) is 10.1. The maximum absolute atomic E-state index is 12.4. The lowest BCUT2D eigenvalue weighted by atomic mass is 9.72. The molecule has 120 valence electrons. The summed E-state index contributed by atoms with van der Waals surface area (Å²) in [5.41, 5.74) is -0.610. The van der Waals surface area contributed by atoms with Gasteiger partial charge in [0.15, 0.2) is 0 Å². The zero-order valence-corrected chi connectivity index (χ0v) is 13.2. The average molecular weight is 295 g/mol. The Morgan fingerprint density at radius 1 is 1.24 bits per heavy atom. The van der Waals surface area contributed by atoms with Crippen LogP contribution in [0.4, 0.5) is 0 Å². The molecule has 3 atom stereocenters. The number of hydrogen-bond donors (Lipinski definition) is 1. The first-order valence-corrected chi connectivity index (χ1v) is 8.67. The Morgan fingerprint density at radius 2 is 2.05 bits per heavy atom. The molecular formula is C17H29NO3. The molecule has 21 heavy (non-hydrogen) atoms. The van der Waals surface area contributed by atoms with Gasteiger partial charge in [-0.05, 0) is 51.4 Å². The lowest BCUT2D eigenvalue weighted by molar-refractivity contribution is -0.141. The fourth-order valence-corrected chi connectivity index (χ4v) is 4.15. The molecular weight excluding hydrogens is 266 g/mol. The van der Waals surface area contributed by atoms with Gasteiger partial charge in [-0.25, -0.2) is 0 Å². The Hall–Kier alpha value is -0.610. The number of carbonyl (C=O) groups excluding carboxylic acids is 1. The second kappa shape index (κ2) is 6.25. The van der Waals surface area contributed by atoms with Crippen molar-refractivity contribution in [3.05, 3.63) is 0 Å². The van der Waals surface area contributed by atoms with Crippen LogP contribution in [0.5, 0.6) is 0 Å². The van der Waals surface area contributed by atoms with Crippen LogP contribution in [0.15, 0.2) is 0 Å². The minimum Gasteiger partial charge on any atom is -0.390 e. The molecule has 0 aromatic heterocycles. The van der Waals surface area contributed by atoms with Gasteiger partial charge in [0.2, 0.25) is 5.91 Å². The number of rotatable bonds is 5. The second-order valence-electron chi connectivity index (χ2n) is 7.46. The summed E-state index contributed by atoms with van der Waals surface area (Å²) in [6.07, 6.45) is 8.81. The summed E-state index contributed by atoms with van der Waals surface area (Å²) < 4.78 is 5.57. The van der Waals surface area contributed by atoms with Gasteiger partial charge in [-0.3, -0.25) is 4.79 Å². The molecule has 4 heteroatoms. The minimum absolute atomic E-state index is 0.125. The Kier molecular flexibility index (Phi) is 4.55. The van der Waals surface area contributed by atoms with E-state index in [-0.39, 0.29) is 24.5 Å². The van der Waals surface area contributed by atoms with Crippen molar-refractivity contribution in [3.63, 3.8) is 0 Å². The number of likely N-dealkylation sites (tertiary alicyclic amines) is 1. The lowest BCUT2D eigenvalue weighted by Gasteiger charge is -2.43. The van der Waals surface area contributed by atoms with E-state index in [1.807, 2.05) is 11.8 Å². The molecule has 1 N–H and O–H groups in total. The monoisotopic (exact) mass is 295 g/mol.